The summed E-state index contributed by atoms with van der Waals surface area (Å²) >= 11 is 5.83. The fraction of sp³-hybridized carbons (Fsp3) is 0.167. The van der Waals surface area contributed by atoms with Crippen LogP contribution in [0, 0.1) is 5.82 Å². The van der Waals surface area contributed by atoms with Gasteiger partial charge in [0, 0.05) is 17.5 Å². The van der Waals surface area contributed by atoms with Crippen molar-refractivity contribution in [3.05, 3.63) is 40.9 Å². The van der Waals surface area contributed by atoms with Crippen molar-refractivity contribution < 1.29 is 4.39 Å². The van der Waals surface area contributed by atoms with Crippen LogP contribution in [-0.2, 0) is 6.42 Å². The third-order valence-electron chi connectivity index (χ3n) is 2.43. The quantitative estimate of drug-likeness (QED) is 0.593. The molecule has 2 aromatic rings. The lowest BCUT2D eigenvalue weighted by molar-refractivity contribution is 0.632. The van der Waals surface area contributed by atoms with Crippen LogP contribution in [0.2, 0.25) is 5.02 Å². The molecule has 7 heteroatoms. The fourth-order valence-electron chi connectivity index (χ4n) is 1.52. The van der Waals surface area contributed by atoms with Crippen LogP contribution in [0.1, 0.15) is 12.7 Å². The number of hydrogen-bond acceptors (Lipinski definition) is 5. The molecule has 100 valence electrons. The van der Waals surface area contributed by atoms with E-state index in [4.69, 9.17) is 17.4 Å². The second kappa shape index (κ2) is 5.81. The minimum Gasteiger partial charge on any atom is -0.338 e. The summed E-state index contributed by atoms with van der Waals surface area (Å²) in [6.07, 6.45) is 0.641. The Morgan fingerprint density at radius 2 is 2.00 bits per heavy atom. The van der Waals surface area contributed by atoms with Gasteiger partial charge < -0.3 is 10.7 Å². The van der Waals surface area contributed by atoms with Gasteiger partial charge >= 0.3 is 0 Å². The van der Waals surface area contributed by atoms with Gasteiger partial charge in [0.25, 0.3) is 0 Å². The Balaban J connectivity index is 2.34. The highest BCUT2D eigenvalue weighted by molar-refractivity contribution is 6.30. The van der Waals surface area contributed by atoms with E-state index in [9.17, 15) is 4.39 Å². The molecule has 0 aliphatic rings. The number of hydrazine groups is 1. The summed E-state index contributed by atoms with van der Waals surface area (Å²) in [7, 11) is 0. The Morgan fingerprint density at radius 1 is 1.26 bits per heavy atom. The van der Waals surface area contributed by atoms with Crippen molar-refractivity contribution in [2.45, 2.75) is 13.3 Å². The van der Waals surface area contributed by atoms with Gasteiger partial charge in [-0.2, -0.15) is 0 Å². The van der Waals surface area contributed by atoms with E-state index in [1.54, 1.807) is 6.07 Å². The van der Waals surface area contributed by atoms with E-state index in [-0.39, 0.29) is 5.69 Å². The molecule has 1 aromatic carbocycles. The molecule has 0 saturated heterocycles. The number of aryl methyl sites for hydroxylation is 1. The summed E-state index contributed by atoms with van der Waals surface area (Å²) in [4.78, 5) is 8.38. The molecule has 2 rings (SSSR count). The lowest BCUT2D eigenvalue weighted by Crippen LogP contribution is -2.11. The van der Waals surface area contributed by atoms with Crippen LogP contribution in [-0.4, -0.2) is 9.97 Å². The minimum absolute atomic E-state index is 0.247. The zero-order valence-corrected chi connectivity index (χ0v) is 11.0. The van der Waals surface area contributed by atoms with Crippen molar-refractivity contribution in [3.63, 3.8) is 0 Å². The summed E-state index contributed by atoms with van der Waals surface area (Å²) in [6, 6.07) is 5.83. The number of aromatic nitrogens is 2. The summed E-state index contributed by atoms with van der Waals surface area (Å²) in [5.41, 5.74) is 2.69. The first-order valence-electron chi connectivity index (χ1n) is 5.69. The molecule has 19 heavy (non-hydrogen) atoms. The zero-order chi connectivity index (χ0) is 13.8. The van der Waals surface area contributed by atoms with Crippen LogP contribution < -0.4 is 16.6 Å². The molecule has 1 aromatic heterocycles. The van der Waals surface area contributed by atoms with Crippen molar-refractivity contribution in [3.8, 4) is 0 Å². The van der Waals surface area contributed by atoms with E-state index in [0.29, 0.717) is 28.9 Å². The molecule has 1 heterocycles. The molecule has 0 bridgehead atoms. The molecule has 0 saturated carbocycles. The maximum Gasteiger partial charge on any atom is 0.146 e. The molecule has 0 unspecified atom stereocenters. The van der Waals surface area contributed by atoms with Gasteiger partial charge in [0.2, 0.25) is 0 Å². The van der Waals surface area contributed by atoms with Crippen LogP contribution in [0.25, 0.3) is 0 Å². The van der Waals surface area contributed by atoms with Gasteiger partial charge in [-0.25, -0.2) is 20.2 Å². The summed E-state index contributed by atoms with van der Waals surface area (Å²) < 4.78 is 13.6. The lowest BCUT2D eigenvalue weighted by Gasteiger charge is -2.10. The molecular weight excluding hydrogens is 269 g/mol. The molecule has 0 spiro atoms. The number of nitrogens with zero attached hydrogens (tertiary/aromatic N) is 2. The van der Waals surface area contributed by atoms with E-state index >= 15 is 0 Å². The molecule has 0 fully saturated rings. The van der Waals surface area contributed by atoms with Crippen molar-refractivity contribution in [2.75, 3.05) is 10.7 Å². The molecule has 0 radical (unpaired) electrons. The number of nitrogen functional groups attached to an aromatic ring is 1. The van der Waals surface area contributed by atoms with E-state index < -0.39 is 5.82 Å². The largest absolute Gasteiger partial charge is 0.338 e. The van der Waals surface area contributed by atoms with Gasteiger partial charge in [0.15, 0.2) is 0 Å². The maximum absolute atomic E-state index is 13.6. The van der Waals surface area contributed by atoms with E-state index in [1.807, 2.05) is 6.92 Å². The fourth-order valence-corrected chi connectivity index (χ4v) is 1.70. The molecule has 0 amide bonds. The number of halogens is 2. The minimum atomic E-state index is -0.414. The van der Waals surface area contributed by atoms with Gasteiger partial charge in [-0.05, 0) is 18.2 Å². The molecule has 0 aliphatic carbocycles. The normalized spacial score (nSPS) is 10.3. The maximum atomic E-state index is 13.6. The van der Waals surface area contributed by atoms with Crippen LogP contribution in [0.15, 0.2) is 24.3 Å². The number of nitrogens with one attached hydrogen (secondary N) is 2. The lowest BCUT2D eigenvalue weighted by atomic mass is 10.3. The van der Waals surface area contributed by atoms with E-state index in [0.717, 1.165) is 0 Å². The Hall–Kier alpha value is -1.92. The van der Waals surface area contributed by atoms with Crippen LogP contribution in [0.5, 0.6) is 0 Å². The average molecular weight is 282 g/mol. The number of anilines is 3. The van der Waals surface area contributed by atoms with Crippen LogP contribution in [0.3, 0.4) is 0 Å². The third-order valence-corrected chi connectivity index (χ3v) is 2.66. The van der Waals surface area contributed by atoms with Crippen molar-refractivity contribution in [1.29, 1.82) is 0 Å². The monoisotopic (exact) mass is 281 g/mol. The van der Waals surface area contributed by atoms with Crippen LogP contribution >= 0.6 is 11.6 Å². The molecule has 4 N–H and O–H groups in total. The predicted octanol–water partition coefficient (Wildman–Crippen LogP) is 2.86. The predicted molar refractivity (Wildman–Crippen MR) is 73.9 cm³/mol. The Kier molecular flexibility index (Phi) is 4.13. The van der Waals surface area contributed by atoms with Crippen molar-refractivity contribution in [2.24, 2.45) is 5.84 Å². The first-order chi connectivity index (χ1) is 9.12. The van der Waals surface area contributed by atoms with Gasteiger partial charge in [0.1, 0.15) is 23.3 Å². The Morgan fingerprint density at radius 3 is 2.68 bits per heavy atom. The highest BCUT2D eigenvalue weighted by Gasteiger charge is 2.07. The average Bonchev–Trinajstić information content (AvgIpc) is 2.42. The Bertz CT molecular complexity index is 568. The van der Waals surface area contributed by atoms with Gasteiger partial charge in [-0.1, -0.05) is 18.5 Å². The molecule has 5 nitrogen and oxygen atoms in total. The highest BCUT2D eigenvalue weighted by Crippen LogP contribution is 2.23. The molecule has 0 atom stereocenters. The van der Waals surface area contributed by atoms with E-state index in [1.165, 1.54) is 18.2 Å². The first kappa shape index (κ1) is 13.5. The second-order valence-corrected chi connectivity index (χ2v) is 4.24. The van der Waals surface area contributed by atoms with Gasteiger partial charge in [-0.3, -0.25) is 0 Å². The summed E-state index contributed by atoms with van der Waals surface area (Å²) in [5, 5.41) is 3.29. The summed E-state index contributed by atoms with van der Waals surface area (Å²) in [5.74, 6) is 6.41. The van der Waals surface area contributed by atoms with Crippen molar-refractivity contribution in [1.82, 2.24) is 9.97 Å². The topological polar surface area (TPSA) is 75.9 Å². The van der Waals surface area contributed by atoms with Gasteiger partial charge in [-0.15, -0.1) is 0 Å². The Labute approximate surface area is 115 Å². The smallest absolute Gasteiger partial charge is 0.146 e. The van der Waals surface area contributed by atoms with E-state index in [2.05, 4.69) is 20.7 Å². The summed E-state index contributed by atoms with van der Waals surface area (Å²) in [6.45, 7) is 1.92. The molecule has 0 aliphatic heterocycles. The number of rotatable bonds is 4. The highest BCUT2D eigenvalue weighted by atomic mass is 35.5. The number of benzene rings is 1. The number of hydrogen-bond donors (Lipinski definition) is 3. The van der Waals surface area contributed by atoms with Crippen molar-refractivity contribution >= 4 is 28.9 Å². The van der Waals surface area contributed by atoms with Crippen LogP contribution in [0.4, 0.5) is 21.7 Å². The zero-order valence-electron chi connectivity index (χ0n) is 10.2. The molecular formula is C12H13ClFN5. The number of nitrogens with two attached hydrogens (primary N) is 1. The SMILES string of the molecule is CCc1nc(NN)cc(Nc2cc(Cl)ccc2F)n1. The standard InChI is InChI=1S/C12H13ClFN5/c1-2-10-17-11(6-12(18-10)19-15)16-9-5-7(13)3-4-8(9)14/h3-6H,2,15H2,1H3,(H2,16,17,18,19). The third kappa shape index (κ3) is 3.30. The van der Waals surface area contributed by atoms with Gasteiger partial charge in [0.05, 0.1) is 5.69 Å². The first-order valence-corrected chi connectivity index (χ1v) is 6.07. The second-order valence-electron chi connectivity index (χ2n) is 3.80.